The third-order valence-corrected chi connectivity index (χ3v) is 3.87. The van der Waals surface area contributed by atoms with Gasteiger partial charge in [-0.25, -0.2) is 4.79 Å². The predicted octanol–water partition coefficient (Wildman–Crippen LogP) is 1.59. The molecular formula is C20H23N3O6. The molecule has 0 aromatic heterocycles. The molecule has 0 radical (unpaired) electrons. The zero-order chi connectivity index (χ0) is 21.4. The van der Waals surface area contributed by atoms with E-state index >= 15 is 0 Å². The zero-order valence-electron chi connectivity index (χ0n) is 16.1. The summed E-state index contributed by atoms with van der Waals surface area (Å²) < 4.78 is 15.5. The lowest BCUT2D eigenvalue weighted by molar-refractivity contribution is -0.158. The Morgan fingerprint density at radius 3 is 2.45 bits per heavy atom. The Bertz CT molecular complexity index is 882. The summed E-state index contributed by atoms with van der Waals surface area (Å²) in [6.07, 6.45) is 0. The molecule has 1 unspecified atom stereocenters. The third kappa shape index (κ3) is 5.94. The second kappa shape index (κ2) is 10.1. The van der Waals surface area contributed by atoms with E-state index in [4.69, 9.17) is 30.5 Å². The van der Waals surface area contributed by atoms with Gasteiger partial charge in [0.1, 0.15) is 23.9 Å². The maximum Gasteiger partial charge on any atom is 0.341 e. The first kappa shape index (κ1) is 21.7. The zero-order valence-corrected chi connectivity index (χ0v) is 16.1. The molecule has 154 valence electrons. The van der Waals surface area contributed by atoms with Crippen molar-refractivity contribution in [2.45, 2.75) is 13.0 Å². The molecule has 0 heterocycles. The van der Waals surface area contributed by atoms with Crippen LogP contribution in [0.15, 0.2) is 42.5 Å². The molecule has 0 saturated heterocycles. The lowest BCUT2D eigenvalue weighted by atomic mass is 10.0. The highest BCUT2D eigenvalue weighted by Crippen LogP contribution is 2.32. The Labute approximate surface area is 167 Å². The van der Waals surface area contributed by atoms with E-state index < -0.39 is 18.0 Å². The van der Waals surface area contributed by atoms with Crippen LogP contribution in [0.5, 0.6) is 11.5 Å². The summed E-state index contributed by atoms with van der Waals surface area (Å²) in [4.78, 5) is 23.9. The van der Waals surface area contributed by atoms with Crippen molar-refractivity contribution in [2.75, 3.05) is 25.6 Å². The first-order chi connectivity index (χ1) is 13.8. The maximum atomic E-state index is 12.6. The van der Waals surface area contributed by atoms with Crippen molar-refractivity contribution in [2.24, 2.45) is 5.73 Å². The number of nitrogen functional groups attached to an aromatic ring is 1. The number of methoxy groups -OCH3 is 1. The Kier molecular flexibility index (Phi) is 7.55. The van der Waals surface area contributed by atoms with Crippen LogP contribution >= 0.6 is 0 Å². The van der Waals surface area contributed by atoms with Gasteiger partial charge in [-0.05, 0) is 36.4 Å². The van der Waals surface area contributed by atoms with Crippen LogP contribution in [0.25, 0.3) is 0 Å². The monoisotopic (exact) mass is 401 g/mol. The number of esters is 2. The number of hydrogen-bond donors (Lipinski definition) is 4. The smallest absolute Gasteiger partial charge is 0.341 e. The SMILES string of the molecule is COc1ccc(C(Nc2ccc(C(=N)N)cc2)C(=O)OC(C)=O)c(OCCO)c1. The second-order valence-corrected chi connectivity index (χ2v) is 5.96. The van der Waals surface area contributed by atoms with Crippen LogP contribution in [0.4, 0.5) is 5.69 Å². The van der Waals surface area contributed by atoms with Crippen LogP contribution in [0.3, 0.4) is 0 Å². The molecule has 5 N–H and O–H groups in total. The van der Waals surface area contributed by atoms with Crippen molar-refractivity contribution in [3.05, 3.63) is 53.6 Å². The van der Waals surface area contributed by atoms with Crippen molar-refractivity contribution in [1.82, 2.24) is 0 Å². The molecule has 0 amide bonds. The number of carbonyl (C=O) groups is 2. The van der Waals surface area contributed by atoms with E-state index in [1.165, 1.54) is 7.11 Å². The van der Waals surface area contributed by atoms with Crippen LogP contribution < -0.4 is 20.5 Å². The molecular weight excluding hydrogens is 378 g/mol. The number of ether oxygens (including phenoxy) is 3. The van der Waals surface area contributed by atoms with Gasteiger partial charge in [0.25, 0.3) is 0 Å². The number of amidine groups is 1. The minimum absolute atomic E-state index is 0.00194. The van der Waals surface area contributed by atoms with E-state index in [9.17, 15) is 9.59 Å². The molecule has 9 nitrogen and oxygen atoms in total. The van der Waals surface area contributed by atoms with E-state index in [1.54, 1.807) is 42.5 Å². The lowest BCUT2D eigenvalue weighted by Crippen LogP contribution is -2.25. The summed E-state index contributed by atoms with van der Waals surface area (Å²) in [6.45, 7) is 0.912. The minimum Gasteiger partial charge on any atom is -0.497 e. The van der Waals surface area contributed by atoms with Gasteiger partial charge in [-0.2, -0.15) is 0 Å². The lowest BCUT2D eigenvalue weighted by Gasteiger charge is -2.21. The van der Waals surface area contributed by atoms with Gasteiger partial charge in [0.15, 0.2) is 6.04 Å². The van der Waals surface area contributed by atoms with E-state index in [0.717, 1.165) is 6.92 Å². The molecule has 0 aliphatic carbocycles. The molecule has 2 aromatic carbocycles. The summed E-state index contributed by atoms with van der Waals surface area (Å²) >= 11 is 0. The Hall–Kier alpha value is -3.59. The number of nitrogens with one attached hydrogen (secondary N) is 2. The van der Waals surface area contributed by atoms with E-state index in [0.29, 0.717) is 22.6 Å². The standard InChI is InChI=1S/C20H23N3O6/c1-12(25)29-20(26)18(23-14-5-3-13(4-6-14)19(21)22)16-8-7-15(27-2)11-17(16)28-10-9-24/h3-8,11,18,23-24H,9-10H2,1-2H3,(H3,21,22). The topological polar surface area (TPSA) is 144 Å². The average molecular weight is 401 g/mol. The fourth-order valence-electron chi connectivity index (χ4n) is 2.54. The fourth-order valence-corrected chi connectivity index (χ4v) is 2.54. The van der Waals surface area contributed by atoms with Gasteiger partial charge in [0.2, 0.25) is 0 Å². The normalized spacial score (nSPS) is 11.3. The highest BCUT2D eigenvalue weighted by Gasteiger charge is 2.27. The Morgan fingerprint density at radius 1 is 1.21 bits per heavy atom. The fraction of sp³-hybridized carbons (Fsp3) is 0.250. The van der Waals surface area contributed by atoms with Gasteiger partial charge in [-0.3, -0.25) is 10.2 Å². The van der Waals surface area contributed by atoms with Gasteiger partial charge < -0.3 is 30.4 Å². The number of aliphatic hydroxyl groups excluding tert-OH is 1. The Balaban J connectivity index is 2.43. The van der Waals surface area contributed by atoms with E-state index in [2.05, 4.69) is 5.32 Å². The molecule has 0 saturated carbocycles. The summed E-state index contributed by atoms with van der Waals surface area (Å²) in [5, 5.41) is 19.5. The van der Waals surface area contributed by atoms with Crippen LogP contribution in [-0.2, 0) is 14.3 Å². The highest BCUT2D eigenvalue weighted by atomic mass is 16.6. The maximum absolute atomic E-state index is 12.6. The third-order valence-electron chi connectivity index (χ3n) is 3.87. The highest BCUT2D eigenvalue weighted by molar-refractivity contribution is 5.95. The molecule has 0 aliphatic rings. The second-order valence-electron chi connectivity index (χ2n) is 5.96. The predicted molar refractivity (Wildman–Crippen MR) is 106 cm³/mol. The Morgan fingerprint density at radius 2 is 1.90 bits per heavy atom. The first-order valence-electron chi connectivity index (χ1n) is 8.70. The largest absolute Gasteiger partial charge is 0.497 e. The van der Waals surface area contributed by atoms with Crippen molar-refractivity contribution in [3.63, 3.8) is 0 Å². The molecule has 0 aliphatic heterocycles. The van der Waals surface area contributed by atoms with Crippen molar-refractivity contribution in [1.29, 1.82) is 5.41 Å². The van der Waals surface area contributed by atoms with Crippen molar-refractivity contribution < 1.29 is 28.9 Å². The number of anilines is 1. The number of rotatable bonds is 9. The summed E-state index contributed by atoms with van der Waals surface area (Å²) in [7, 11) is 1.49. The molecule has 29 heavy (non-hydrogen) atoms. The molecule has 0 spiro atoms. The first-order valence-corrected chi connectivity index (χ1v) is 8.70. The molecule has 0 fully saturated rings. The molecule has 2 rings (SSSR count). The number of hydrogen-bond acceptors (Lipinski definition) is 8. The molecule has 2 aromatic rings. The van der Waals surface area contributed by atoms with Crippen LogP contribution in [0, 0.1) is 5.41 Å². The van der Waals surface area contributed by atoms with Crippen LogP contribution in [0.2, 0.25) is 0 Å². The van der Waals surface area contributed by atoms with Crippen molar-refractivity contribution >= 4 is 23.5 Å². The van der Waals surface area contributed by atoms with Crippen LogP contribution in [-0.4, -0.2) is 43.2 Å². The van der Waals surface area contributed by atoms with Crippen molar-refractivity contribution in [3.8, 4) is 11.5 Å². The van der Waals surface area contributed by atoms with Crippen LogP contribution in [0.1, 0.15) is 24.1 Å². The minimum atomic E-state index is -1.08. The van der Waals surface area contributed by atoms with Gasteiger partial charge in [-0.15, -0.1) is 0 Å². The number of carbonyl (C=O) groups excluding carboxylic acids is 2. The number of aliphatic hydroxyl groups is 1. The number of nitrogens with two attached hydrogens (primary N) is 1. The van der Waals surface area contributed by atoms with Gasteiger partial charge in [-0.1, -0.05) is 0 Å². The molecule has 0 bridgehead atoms. The van der Waals surface area contributed by atoms with Gasteiger partial charge in [0.05, 0.1) is 13.7 Å². The van der Waals surface area contributed by atoms with Gasteiger partial charge in [0, 0.05) is 29.8 Å². The van der Waals surface area contributed by atoms with E-state index in [1.807, 2.05) is 0 Å². The number of benzene rings is 2. The summed E-state index contributed by atoms with van der Waals surface area (Å²) in [6, 6.07) is 10.3. The summed E-state index contributed by atoms with van der Waals surface area (Å²) in [5.74, 6) is -0.880. The quantitative estimate of drug-likeness (QED) is 0.215. The summed E-state index contributed by atoms with van der Waals surface area (Å²) in [5.41, 5.74) is 6.90. The molecule has 9 heteroatoms. The molecule has 1 atom stereocenters. The average Bonchev–Trinajstić information content (AvgIpc) is 2.70. The van der Waals surface area contributed by atoms with Gasteiger partial charge >= 0.3 is 11.9 Å². The van der Waals surface area contributed by atoms with E-state index in [-0.39, 0.29) is 24.8 Å².